The maximum atomic E-state index is 12.8. The number of thioether (sulfide) groups is 1. The smallest absolute Gasteiger partial charge is 0.270 e. The second kappa shape index (κ2) is 6.79. The second-order valence-electron chi connectivity index (χ2n) is 5.56. The first kappa shape index (κ1) is 16.7. The summed E-state index contributed by atoms with van der Waals surface area (Å²) >= 11 is 6.74. The molecule has 0 radical (unpaired) electrons. The fourth-order valence-corrected chi connectivity index (χ4v) is 3.74. The van der Waals surface area contributed by atoms with Crippen molar-refractivity contribution in [3.63, 3.8) is 0 Å². The molecule has 0 bridgehead atoms. The lowest BCUT2D eigenvalue weighted by atomic mass is 10.1. The van der Waals surface area contributed by atoms with E-state index in [-0.39, 0.29) is 5.91 Å². The van der Waals surface area contributed by atoms with Crippen LogP contribution in [0.4, 0.5) is 5.69 Å². The van der Waals surface area contributed by atoms with Crippen LogP contribution < -0.4 is 9.64 Å². The minimum Gasteiger partial charge on any atom is -0.497 e. The molecule has 0 unspecified atom stereocenters. The number of amides is 1. The Hall–Kier alpha value is -2.11. The molecule has 3 rings (SSSR count). The SMILES string of the molecule is COc1cccc(/C=C2/SC(=S)N(c3ccc(C)c(C)c3)C2=O)c1. The van der Waals surface area contributed by atoms with Crippen LogP contribution in [0.15, 0.2) is 47.4 Å². The first-order valence-corrected chi connectivity index (χ1v) is 8.71. The molecule has 1 aliphatic rings. The van der Waals surface area contributed by atoms with Gasteiger partial charge in [0.2, 0.25) is 0 Å². The van der Waals surface area contributed by atoms with Gasteiger partial charge in [0.05, 0.1) is 17.7 Å². The molecule has 122 valence electrons. The number of rotatable bonds is 3. The second-order valence-corrected chi connectivity index (χ2v) is 7.24. The van der Waals surface area contributed by atoms with Gasteiger partial charge in [-0.05, 0) is 60.9 Å². The summed E-state index contributed by atoms with van der Waals surface area (Å²) in [6.07, 6.45) is 1.85. The van der Waals surface area contributed by atoms with E-state index in [1.54, 1.807) is 12.0 Å². The van der Waals surface area contributed by atoms with Gasteiger partial charge in [0, 0.05) is 0 Å². The third-order valence-corrected chi connectivity index (χ3v) is 5.24. The average molecular weight is 355 g/mol. The Bertz CT molecular complexity index is 858. The number of carbonyl (C=O) groups excluding carboxylic acids is 1. The topological polar surface area (TPSA) is 29.5 Å². The molecule has 0 atom stereocenters. The Kier molecular flexibility index (Phi) is 4.73. The fourth-order valence-electron chi connectivity index (χ4n) is 2.44. The van der Waals surface area contributed by atoms with Gasteiger partial charge in [-0.1, -0.05) is 42.2 Å². The zero-order valence-corrected chi connectivity index (χ0v) is 15.3. The van der Waals surface area contributed by atoms with E-state index >= 15 is 0 Å². The summed E-state index contributed by atoms with van der Waals surface area (Å²) in [6.45, 7) is 4.08. The summed E-state index contributed by atoms with van der Waals surface area (Å²) in [5, 5.41) is 0. The van der Waals surface area contributed by atoms with Crippen LogP contribution in [0.5, 0.6) is 5.75 Å². The van der Waals surface area contributed by atoms with Gasteiger partial charge in [-0.25, -0.2) is 0 Å². The molecule has 0 aromatic heterocycles. The molecular formula is C19H17NO2S2. The molecule has 1 amide bonds. The van der Waals surface area contributed by atoms with Crippen molar-refractivity contribution >= 4 is 46.0 Å². The van der Waals surface area contributed by atoms with E-state index in [1.165, 1.54) is 17.3 Å². The molecule has 0 aliphatic carbocycles. The van der Waals surface area contributed by atoms with E-state index in [9.17, 15) is 4.79 Å². The lowest BCUT2D eigenvalue weighted by molar-refractivity contribution is -0.113. The van der Waals surface area contributed by atoms with Crippen LogP contribution in [-0.2, 0) is 4.79 Å². The monoisotopic (exact) mass is 355 g/mol. The highest BCUT2D eigenvalue weighted by Gasteiger charge is 2.33. The first-order chi connectivity index (χ1) is 11.5. The highest BCUT2D eigenvalue weighted by molar-refractivity contribution is 8.27. The van der Waals surface area contributed by atoms with Crippen molar-refractivity contribution in [1.29, 1.82) is 0 Å². The van der Waals surface area contributed by atoms with E-state index < -0.39 is 0 Å². The maximum absolute atomic E-state index is 12.8. The van der Waals surface area contributed by atoms with Crippen molar-refractivity contribution in [3.05, 3.63) is 64.1 Å². The summed E-state index contributed by atoms with van der Waals surface area (Å²) in [4.78, 5) is 15.0. The number of methoxy groups -OCH3 is 1. The normalized spacial score (nSPS) is 16.1. The quantitative estimate of drug-likeness (QED) is 0.589. The van der Waals surface area contributed by atoms with E-state index in [4.69, 9.17) is 17.0 Å². The van der Waals surface area contributed by atoms with Gasteiger partial charge in [0.15, 0.2) is 4.32 Å². The van der Waals surface area contributed by atoms with Crippen molar-refractivity contribution < 1.29 is 9.53 Å². The van der Waals surface area contributed by atoms with Gasteiger partial charge in [-0.15, -0.1) is 0 Å². The molecule has 0 spiro atoms. The van der Waals surface area contributed by atoms with Crippen LogP contribution in [0.25, 0.3) is 6.08 Å². The van der Waals surface area contributed by atoms with E-state index in [0.717, 1.165) is 22.6 Å². The number of hydrogen-bond donors (Lipinski definition) is 0. The molecule has 24 heavy (non-hydrogen) atoms. The van der Waals surface area contributed by atoms with Crippen molar-refractivity contribution in [3.8, 4) is 5.75 Å². The highest BCUT2D eigenvalue weighted by atomic mass is 32.2. The molecule has 2 aromatic carbocycles. The number of anilines is 1. The standard InChI is InChI=1S/C19H17NO2S2/c1-12-7-8-15(9-13(12)2)20-18(21)17(24-19(20)23)11-14-5-4-6-16(10-14)22-3/h4-11H,1-3H3/b17-11+. The summed E-state index contributed by atoms with van der Waals surface area (Å²) < 4.78 is 5.78. The summed E-state index contributed by atoms with van der Waals surface area (Å²) in [5.74, 6) is 0.671. The molecular weight excluding hydrogens is 338 g/mol. The van der Waals surface area contributed by atoms with Crippen LogP contribution in [0.1, 0.15) is 16.7 Å². The molecule has 1 saturated heterocycles. The molecule has 0 saturated carbocycles. The number of aryl methyl sites for hydroxylation is 2. The third kappa shape index (κ3) is 3.23. The minimum absolute atomic E-state index is 0.0870. The molecule has 1 fully saturated rings. The Morgan fingerprint density at radius 3 is 2.62 bits per heavy atom. The van der Waals surface area contributed by atoms with Crippen LogP contribution in [0, 0.1) is 13.8 Å². The van der Waals surface area contributed by atoms with Gasteiger partial charge in [-0.2, -0.15) is 0 Å². The van der Waals surface area contributed by atoms with E-state index in [1.807, 2.05) is 62.4 Å². The van der Waals surface area contributed by atoms with Crippen molar-refractivity contribution in [2.24, 2.45) is 0 Å². The predicted octanol–water partition coefficient (Wildman–Crippen LogP) is 4.72. The number of carbonyl (C=O) groups is 1. The number of thiocarbonyl (C=S) groups is 1. The number of nitrogens with zero attached hydrogens (tertiary/aromatic N) is 1. The molecule has 0 N–H and O–H groups in total. The Morgan fingerprint density at radius 2 is 1.92 bits per heavy atom. The molecule has 1 aliphatic heterocycles. The van der Waals surface area contributed by atoms with Crippen molar-refractivity contribution in [2.45, 2.75) is 13.8 Å². The number of benzene rings is 2. The van der Waals surface area contributed by atoms with Crippen LogP contribution in [0.2, 0.25) is 0 Å². The fraction of sp³-hybridized carbons (Fsp3) is 0.158. The predicted molar refractivity (Wildman–Crippen MR) is 105 cm³/mol. The third-order valence-electron chi connectivity index (χ3n) is 3.93. The molecule has 3 nitrogen and oxygen atoms in total. The Morgan fingerprint density at radius 1 is 1.12 bits per heavy atom. The van der Waals surface area contributed by atoms with Crippen LogP contribution in [0.3, 0.4) is 0 Å². The molecule has 5 heteroatoms. The molecule has 2 aromatic rings. The van der Waals surface area contributed by atoms with Gasteiger partial charge in [-0.3, -0.25) is 9.69 Å². The van der Waals surface area contributed by atoms with Crippen LogP contribution in [-0.4, -0.2) is 17.3 Å². The lowest BCUT2D eigenvalue weighted by Gasteiger charge is -2.15. The van der Waals surface area contributed by atoms with Crippen LogP contribution >= 0.6 is 24.0 Å². The Balaban J connectivity index is 1.93. The van der Waals surface area contributed by atoms with Gasteiger partial charge >= 0.3 is 0 Å². The highest BCUT2D eigenvalue weighted by Crippen LogP contribution is 2.36. The zero-order chi connectivity index (χ0) is 17.3. The molecule has 1 heterocycles. The van der Waals surface area contributed by atoms with Gasteiger partial charge in [0.25, 0.3) is 5.91 Å². The van der Waals surface area contributed by atoms with Crippen molar-refractivity contribution in [1.82, 2.24) is 0 Å². The summed E-state index contributed by atoms with van der Waals surface area (Å²) in [5.41, 5.74) is 4.05. The number of ether oxygens (including phenoxy) is 1. The average Bonchev–Trinajstić information content (AvgIpc) is 2.84. The Labute approximate surface area is 151 Å². The first-order valence-electron chi connectivity index (χ1n) is 7.49. The summed E-state index contributed by atoms with van der Waals surface area (Å²) in [7, 11) is 1.62. The van der Waals surface area contributed by atoms with E-state index in [0.29, 0.717) is 9.23 Å². The van der Waals surface area contributed by atoms with Crippen molar-refractivity contribution in [2.75, 3.05) is 12.0 Å². The number of hydrogen-bond acceptors (Lipinski definition) is 4. The zero-order valence-electron chi connectivity index (χ0n) is 13.7. The van der Waals surface area contributed by atoms with Gasteiger partial charge < -0.3 is 4.74 Å². The summed E-state index contributed by atoms with van der Waals surface area (Å²) in [6, 6.07) is 13.5. The lowest BCUT2D eigenvalue weighted by Crippen LogP contribution is -2.27. The largest absolute Gasteiger partial charge is 0.497 e. The van der Waals surface area contributed by atoms with E-state index in [2.05, 4.69) is 0 Å². The minimum atomic E-state index is -0.0870. The maximum Gasteiger partial charge on any atom is 0.270 e. The van der Waals surface area contributed by atoms with Gasteiger partial charge in [0.1, 0.15) is 5.75 Å².